The van der Waals surface area contributed by atoms with Gasteiger partial charge in [-0.3, -0.25) is 4.79 Å². The Balaban J connectivity index is 2.15. The molecule has 2 rings (SSSR count). The highest BCUT2D eigenvalue weighted by Crippen LogP contribution is 2.12. The monoisotopic (exact) mass is 288 g/mol. The van der Waals surface area contributed by atoms with Crippen molar-refractivity contribution in [1.29, 1.82) is 0 Å². The Labute approximate surface area is 108 Å². The number of ketones is 1. The van der Waals surface area contributed by atoms with Crippen LogP contribution < -0.4 is 4.57 Å². The summed E-state index contributed by atoms with van der Waals surface area (Å²) >= 11 is 3.34. The molecular formula is C14H11BrNO+. The van der Waals surface area contributed by atoms with Gasteiger partial charge in [0.15, 0.2) is 24.4 Å². The SMILES string of the molecule is O=C(C=C[n+]1ccccc1)c1cccc(Br)c1. The van der Waals surface area contributed by atoms with Crippen LogP contribution in [0.5, 0.6) is 0 Å². The Bertz CT molecular complexity index is 549. The maximum atomic E-state index is 11.8. The van der Waals surface area contributed by atoms with Crippen LogP contribution in [0.1, 0.15) is 10.4 Å². The Morgan fingerprint density at radius 3 is 2.59 bits per heavy atom. The van der Waals surface area contributed by atoms with E-state index >= 15 is 0 Å². The number of benzene rings is 1. The van der Waals surface area contributed by atoms with Gasteiger partial charge < -0.3 is 0 Å². The quantitative estimate of drug-likeness (QED) is 0.483. The number of hydrogen-bond acceptors (Lipinski definition) is 1. The average molecular weight is 289 g/mol. The summed E-state index contributed by atoms with van der Waals surface area (Å²) in [6.07, 6.45) is 7.06. The van der Waals surface area contributed by atoms with Crippen LogP contribution in [-0.4, -0.2) is 5.78 Å². The molecule has 0 bridgehead atoms. The first-order chi connectivity index (χ1) is 8.25. The zero-order chi connectivity index (χ0) is 12.1. The summed E-state index contributed by atoms with van der Waals surface area (Å²) < 4.78 is 2.74. The second-order valence-corrected chi connectivity index (χ2v) is 4.43. The highest BCUT2D eigenvalue weighted by molar-refractivity contribution is 9.10. The Morgan fingerprint density at radius 2 is 1.88 bits per heavy atom. The van der Waals surface area contributed by atoms with Gasteiger partial charge >= 0.3 is 0 Å². The van der Waals surface area contributed by atoms with E-state index in [9.17, 15) is 4.79 Å². The van der Waals surface area contributed by atoms with Crippen molar-refractivity contribution in [3.63, 3.8) is 0 Å². The first kappa shape index (κ1) is 11.7. The largest absolute Gasteiger partial charge is 0.289 e. The predicted octanol–water partition coefficient (Wildman–Crippen LogP) is 3.09. The first-order valence-electron chi connectivity index (χ1n) is 5.19. The molecule has 0 aliphatic carbocycles. The standard InChI is InChI=1S/C14H11BrNO/c15-13-6-4-5-12(11-13)14(17)7-10-16-8-2-1-3-9-16/h1-11H/q+1. The Kier molecular flexibility index (Phi) is 3.83. The highest BCUT2D eigenvalue weighted by atomic mass is 79.9. The van der Waals surface area contributed by atoms with Gasteiger partial charge in [-0.15, -0.1) is 0 Å². The smallest absolute Gasteiger partial charge is 0.191 e. The summed E-state index contributed by atoms with van der Waals surface area (Å²) in [5.74, 6) is -0.0114. The zero-order valence-electron chi connectivity index (χ0n) is 9.08. The topological polar surface area (TPSA) is 20.9 Å². The third-order valence-corrected chi connectivity index (χ3v) is 2.74. The van der Waals surface area contributed by atoms with Crippen LogP contribution in [-0.2, 0) is 0 Å². The number of halogens is 1. The van der Waals surface area contributed by atoms with E-state index in [0.29, 0.717) is 5.56 Å². The van der Waals surface area contributed by atoms with Gasteiger partial charge in [-0.05, 0) is 12.1 Å². The van der Waals surface area contributed by atoms with Crippen LogP contribution in [0.2, 0.25) is 0 Å². The van der Waals surface area contributed by atoms with E-state index < -0.39 is 0 Å². The van der Waals surface area contributed by atoms with Crippen molar-refractivity contribution in [3.8, 4) is 0 Å². The second kappa shape index (κ2) is 5.55. The number of allylic oxidation sites excluding steroid dienone is 1. The molecule has 0 unspecified atom stereocenters. The number of rotatable bonds is 3. The molecule has 0 N–H and O–H groups in total. The van der Waals surface area contributed by atoms with Crippen molar-refractivity contribution in [3.05, 3.63) is 71.0 Å². The lowest BCUT2D eigenvalue weighted by molar-refractivity contribution is -0.568. The summed E-state index contributed by atoms with van der Waals surface area (Å²) in [5.41, 5.74) is 0.673. The van der Waals surface area contributed by atoms with Crippen molar-refractivity contribution in [1.82, 2.24) is 0 Å². The minimum Gasteiger partial charge on any atom is -0.289 e. The third-order valence-electron chi connectivity index (χ3n) is 2.25. The second-order valence-electron chi connectivity index (χ2n) is 3.51. The van der Waals surface area contributed by atoms with Gasteiger partial charge in [-0.1, -0.05) is 34.1 Å². The summed E-state index contributed by atoms with van der Waals surface area (Å²) in [5, 5.41) is 0. The highest BCUT2D eigenvalue weighted by Gasteiger charge is 2.03. The van der Waals surface area contributed by atoms with Crippen LogP contribution in [0, 0.1) is 0 Å². The van der Waals surface area contributed by atoms with E-state index in [1.54, 1.807) is 18.3 Å². The van der Waals surface area contributed by atoms with Gasteiger partial charge in [-0.2, -0.15) is 4.57 Å². The molecule has 0 aliphatic heterocycles. The fourth-order valence-electron chi connectivity index (χ4n) is 1.40. The molecule has 2 nitrogen and oxygen atoms in total. The molecule has 0 saturated heterocycles. The summed E-state index contributed by atoms with van der Waals surface area (Å²) in [6.45, 7) is 0. The lowest BCUT2D eigenvalue weighted by atomic mass is 10.1. The molecule has 3 heteroatoms. The molecule has 84 valence electrons. The summed E-state index contributed by atoms with van der Waals surface area (Å²) in [7, 11) is 0. The maximum absolute atomic E-state index is 11.8. The molecule has 0 fully saturated rings. The van der Waals surface area contributed by atoms with Gasteiger partial charge in [0.05, 0.1) is 6.08 Å². The number of pyridine rings is 1. The third kappa shape index (κ3) is 3.36. The van der Waals surface area contributed by atoms with Crippen molar-refractivity contribution < 1.29 is 9.36 Å². The van der Waals surface area contributed by atoms with Crippen LogP contribution in [0.3, 0.4) is 0 Å². The fourth-order valence-corrected chi connectivity index (χ4v) is 1.80. The van der Waals surface area contributed by atoms with Crippen LogP contribution >= 0.6 is 15.9 Å². The average Bonchev–Trinajstić information content (AvgIpc) is 2.37. The molecule has 1 aromatic carbocycles. The zero-order valence-corrected chi connectivity index (χ0v) is 10.7. The molecule has 2 aromatic rings. The molecular weight excluding hydrogens is 278 g/mol. The van der Waals surface area contributed by atoms with E-state index in [2.05, 4.69) is 15.9 Å². The van der Waals surface area contributed by atoms with E-state index in [0.717, 1.165) is 4.47 Å². The predicted molar refractivity (Wildman–Crippen MR) is 70.4 cm³/mol. The molecule has 0 aliphatic rings. The van der Waals surface area contributed by atoms with Crippen LogP contribution in [0.4, 0.5) is 0 Å². The number of carbonyl (C=O) groups is 1. The van der Waals surface area contributed by atoms with Gasteiger partial charge in [-0.25, -0.2) is 0 Å². The van der Waals surface area contributed by atoms with Crippen molar-refractivity contribution in [2.24, 2.45) is 0 Å². The number of carbonyl (C=O) groups excluding carboxylic acids is 1. The number of nitrogens with zero attached hydrogens (tertiary/aromatic N) is 1. The molecule has 0 saturated carbocycles. The Hall–Kier alpha value is -1.74. The van der Waals surface area contributed by atoms with E-state index in [-0.39, 0.29) is 5.78 Å². The van der Waals surface area contributed by atoms with Crippen molar-refractivity contribution in [2.75, 3.05) is 0 Å². The molecule has 0 atom stereocenters. The van der Waals surface area contributed by atoms with Crippen LogP contribution in [0.15, 0.2) is 65.4 Å². The van der Waals surface area contributed by atoms with Gasteiger partial charge in [0.1, 0.15) is 0 Å². The Morgan fingerprint density at radius 1 is 1.12 bits per heavy atom. The molecule has 1 heterocycles. The van der Waals surface area contributed by atoms with Gasteiger partial charge in [0, 0.05) is 22.2 Å². The van der Waals surface area contributed by atoms with E-state index in [1.807, 2.05) is 53.4 Å². The van der Waals surface area contributed by atoms with Crippen molar-refractivity contribution >= 4 is 27.9 Å². The summed E-state index contributed by atoms with van der Waals surface area (Å²) in [4.78, 5) is 11.8. The fraction of sp³-hybridized carbons (Fsp3) is 0. The maximum Gasteiger partial charge on any atom is 0.191 e. The van der Waals surface area contributed by atoms with Gasteiger partial charge in [0.25, 0.3) is 0 Å². The molecule has 17 heavy (non-hydrogen) atoms. The van der Waals surface area contributed by atoms with Crippen molar-refractivity contribution in [2.45, 2.75) is 0 Å². The minimum atomic E-state index is -0.0114. The van der Waals surface area contributed by atoms with E-state index in [4.69, 9.17) is 0 Å². The van der Waals surface area contributed by atoms with E-state index in [1.165, 1.54) is 0 Å². The molecule has 0 spiro atoms. The first-order valence-corrected chi connectivity index (χ1v) is 5.99. The lowest BCUT2D eigenvalue weighted by Gasteiger charge is -1.95. The normalized spacial score (nSPS) is 10.6. The minimum absolute atomic E-state index is 0.0114. The summed E-state index contributed by atoms with van der Waals surface area (Å²) in [6, 6.07) is 13.1. The molecule has 0 amide bonds. The number of aromatic nitrogens is 1. The lowest BCUT2D eigenvalue weighted by Crippen LogP contribution is -2.23. The van der Waals surface area contributed by atoms with Crippen LogP contribution in [0.25, 0.3) is 6.20 Å². The van der Waals surface area contributed by atoms with Gasteiger partial charge in [0.2, 0.25) is 0 Å². The number of hydrogen-bond donors (Lipinski definition) is 0. The molecule has 0 radical (unpaired) electrons. The molecule has 1 aromatic heterocycles.